The van der Waals surface area contributed by atoms with Crippen molar-refractivity contribution in [3.63, 3.8) is 0 Å². The van der Waals surface area contributed by atoms with E-state index in [1.807, 2.05) is 0 Å². The number of alkyl halides is 3. The van der Waals surface area contributed by atoms with Gasteiger partial charge in [0, 0.05) is 17.5 Å². The highest BCUT2D eigenvalue weighted by atomic mass is 19.4. The molecule has 0 amide bonds. The van der Waals surface area contributed by atoms with E-state index in [4.69, 9.17) is 0 Å². The summed E-state index contributed by atoms with van der Waals surface area (Å²) in [7, 11) is 0. The monoisotopic (exact) mass is 273 g/mol. The fourth-order valence-electron chi connectivity index (χ4n) is 2.45. The van der Waals surface area contributed by atoms with Crippen LogP contribution in [0.3, 0.4) is 0 Å². The first-order valence-electron chi connectivity index (χ1n) is 5.87. The number of benzene rings is 1. The molecular formula is C12H11F4N3. The Labute approximate surface area is 106 Å². The van der Waals surface area contributed by atoms with Crippen LogP contribution in [-0.4, -0.2) is 22.0 Å². The maximum atomic E-state index is 13.1. The summed E-state index contributed by atoms with van der Waals surface area (Å²) in [5.74, 6) is -0.212. The Hall–Kier alpha value is -1.79. The standard InChI is InChI=1S/C12H11F4N3/c1-6-4-10(12(14,15)16)19-11(17-6)8-3-2-7(13)5-9(8)18-19/h2-3,5-6,10,17H,4H2,1H3. The second-order valence-corrected chi connectivity index (χ2v) is 4.79. The van der Waals surface area contributed by atoms with Gasteiger partial charge in [-0.25, -0.2) is 9.07 Å². The first-order valence-corrected chi connectivity index (χ1v) is 5.87. The molecule has 7 heteroatoms. The van der Waals surface area contributed by atoms with E-state index in [0.717, 1.165) is 10.7 Å². The van der Waals surface area contributed by atoms with Crippen molar-refractivity contribution in [3.05, 3.63) is 24.0 Å². The molecular weight excluding hydrogens is 262 g/mol. The molecule has 1 aromatic heterocycles. The number of nitrogens with one attached hydrogen (secondary N) is 1. The molecule has 2 heterocycles. The molecule has 2 aromatic rings. The van der Waals surface area contributed by atoms with Gasteiger partial charge in [-0.2, -0.15) is 18.3 Å². The highest BCUT2D eigenvalue weighted by Gasteiger charge is 2.45. The van der Waals surface area contributed by atoms with Gasteiger partial charge in [0.2, 0.25) is 0 Å². The van der Waals surface area contributed by atoms with Crippen LogP contribution in [0.25, 0.3) is 10.9 Å². The summed E-state index contributed by atoms with van der Waals surface area (Å²) < 4.78 is 53.2. The van der Waals surface area contributed by atoms with Crippen molar-refractivity contribution in [2.75, 3.05) is 5.32 Å². The van der Waals surface area contributed by atoms with Crippen LogP contribution in [0.2, 0.25) is 0 Å². The fourth-order valence-corrected chi connectivity index (χ4v) is 2.45. The molecule has 1 aliphatic rings. The van der Waals surface area contributed by atoms with Gasteiger partial charge in [-0.3, -0.25) is 0 Å². The Morgan fingerprint density at radius 3 is 2.79 bits per heavy atom. The first kappa shape index (κ1) is 12.3. The lowest BCUT2D eigenvalue weighted by Gasteiger charge is -2.31. The minimum atomic E-state index is -4.37. The third kappa shape index (κ3) is 1.93. The molecule has 3 rings (SSSR count). The van der Waals surface area contributed by atoms with E-state index in [1.165, 1.54) is 12.1 Å². The predicted molar refractivity (Wildman–Crippen MR) is 62.5 cm³/mol. The van der Waals surface area contributed by atoms with Crippen molar-refractivity contribution >= 4 is 16.7 Å². The fraction of sp³-hybridized carbons (Fsp3) is 0.417. The van der Waals surface area contributed by atoms with Crippen molar-refractivity contribution in [2.45, 2.75) is 31.6 Å². The van der Waals surface area contributed by atoms with Gasteiger partial charge < -0.3 is 5.32 Å². The number of halogens is 4. The van der Waals surface area contributed by atoms with Gasteiger partial charge in [0.25, 0.3) is 0 Å². The van der Waals surface area contributed by atoms with E-state index in [0.29, 0.717) is 11.2 Å². The molecule has 0 radical (unpaired) electrons. The van der Waals surface area contributed by atoms with Crippen molar-refractivity contribution in [1.29, 1.82) is 0 Å². The summed E-state index contributed by atoms with van der Waals surface area (Å²) in [5, 5.41) is 7.38. The third-order valence-corrected chi connectivity index (χ3v) is 3.29. The zero-order chi connectivity index (χ0) is 13.8. The number of rotatable bonds is 0. The molecule has 1 aliphatic heterocycles. The van der Waals surface area contributed by atoms with Gasteiger partial charge >= 0.3 is 6.18 Å². The third-order valence-electron chi connectivity index (χ3n) is 3.29. The molecule has 0 spiro atoms. The average molecular weight is 273 g/mol. The van der Waals surface area contributed by atoms with E-state index in [9.17, 15) is 17.6 Å². The topological polar surface area (TPSA) is 29.9 Å². The SMILES string of the molecule is CC1CC(C(F)(F)F)n2nc3cc(F)ccc3c2N1. The molecule has 0 saturated heterocycles. The Kier molecular flexibility index (Phi) is 2.48. The maximum absolute atomic E-state index is 13.1. The highest BCUT2D eigenvalue weighted by molar-refractivity contribution is 5.90. The van der Waals surface area contributed by atoms with E-state index < -0.39 is 18.0 Å². The Balaban J connectivity index is 2.22. The smallest absolute Gasteiger partial charge is 0.367 e. The number of nitrogens with zero attached hydrogens (tertiary/aromatic N) is 2. The lowest BCUT2D eigenvalue weighted by molar-refractivity contribution is -0.173. The predicted octanol–water partition coefficient (Wildman–Crippen LogP) is 3.48. The van der Waals surface area contributed by atoms with Crippen LogP contribution in [0.4, 0.5) is 23.4 Å². The molecule has 19 heavy (non-hydrogen) atoms. The number of anilines is 1. The summed E-state index contributed by atoms with van der Waals surface area (Å²) >= 11 is 0. The van der Waals surface area contributed by atoms with Crippen LogP contribution in [0, 0.1) is 5.82 Å². The molecule has 1 aromatic carbocycles. The zero-order valence-corrected chi connectivity index (χ0v) is 10.0. The molecule has 2 unspecified atom stereocenters. The maximum Gasteiger partial charge on any atom is 0.410 e. The first-order chi connectivity index (χ1) is 8.86. The largest absolute Gasteiger partial charge is 0.410 e. The highest BCUT2D eigenvalue weighted by Crippen LogP contribution is 2.41. The van der Waals surface area contributed by atoms with Crippen LogP contribution < -0.4 is 5.32 Å². The molecule has 3 nitrogen and oxygen atoms in total. The van der Waals surface area contributed by atoms with E-state index >= 15 is 0 Å². The quantitative estimate of drug-likeness (QED) is 0.745. The molecule has 102 valence electrons. The minimum Gasteiger partial charge on any atom is -0.367 e. The van der Waals surface area contributed by atoms with Crippen LogP contribution in [0.1, 0.15) is 19.4 Å². The van der Waals surface area contributed by atoms with Gasteiger partial charge in [-0.1, -0.05) is 0 Å². The van der Waals surface area contributed by atoms with Crippen LogP contribution in [-0.2, 0) is 0 Å². The van der Waals surface area contributed by atoms with E-state index in [1.54, 1.807) is 6.92 Å². The van der Waals surface area contributed by atoms with Crippen molar-refractivity contribution < 1.29 is 17.6 Å². The summed E-state index contributed by atoms with van der Waals surface area (Å²) in [4.78, 5) is 0. The number of hydrogen-bond acceptors (Lipinski definition) is 2. The van der Waals surface area contributed by atoms with Gasteiger partial charge in [0.05, 0.1) is 5.52 Å². The number of aromatic nitrogens is 2. The van der Waals surface area contributed by atoms with Crippen molar-refractivity contribution in [1.82, 2.24) is 9.78 Å². The lowest BCUT2D eigenvalue weighted by Crippen LogP contribution is -2.37. The van der Waals surface area contributed by atoms with Crippen molar-refractivity contribution in [3.8, 4) is 0 Å². The van der Waals surface area contributed by atoms with Crippen LogP contribution in [0.15, 0.2) is 18.2 Å². The van der Waals surface area contributed by atoms with E-state index in [-0.39, 0.29) is 18.0 Å². The Bertz CT molecular complexity index is 632. The zero-order valence-electron chi connectivity index (χ0n) is 10.0. The van der Waals surface area contributed by atoms with Crippen LogP contribution in [0.5, 0.6) is 0 Å². The summed E-state index contributed by atoms with van der Waals surface area (Å²) in [6.07, 6.45) is -4.46. The normalized spacial score (nSPS) is 23.2. The van der Waals surface area contributed by atoms with Crippen molar-refractivity contribution in [2.24, 2.45) is 0 Å². The van der Waals surface area contributed by atoms with Gasteiger partial charge in [0.15, 0.2) is 6.04 Å². The van der Waals surface area contributed by atoms with Gasteiger partial charge in [0.1, 0.15) is 11.6 Å². The molecule has 2 atom stereocenters. The Morgan fingerprint density at radius 1 is 1.37 bits per heavy atom. The van der Waals surface area contributed by atoms with Crippen LogP contribution >= 0.6 is 0 Å². The van der Waals surface area contributed by atoms with Gasteiger partial charge in [-0.05, 0) is 25.5 Å². The summed E-state index contributed by atoms with van der Waals surface area (Å²) in [6.45, 7) is 1.69. The van der Waals surface area contributed by atoms with E-state index in [2.05, 4.69) is 10.4 Å². The molecule has 0 bridgehead atoms. The summed E-state index contributed by atoms with van der Waals surface area (Å²) in [6, 6.07) is 1.81. The number of hydrogen-bond donors (Lipinski definition) is 1. The lowest BCUT2D eigenvalue weighted by atomic mass is 10.1. The van der Waals surface area contributed by atoms with Gasteiger partial charge in [-0.15, -0.1) is 0 Å². The average Bonchev–Trinajstić information content (AvgIpc) is 2.64. The molecule has 0 fully saturated rings. The molecule has 1 N–H and O–H groups in total. The molecule has 0 saturated carbocycles. The second-order valence-electron chi connectivity index (χ2n) is 4.79. The summed E-state index contributed by atoms with van der Waals surface area (Å²) in [5.41, 5.74) is 0.228. The minimum absolute atomic E-state index is 0.0903. The number of fused-ring (bicyclic) bond motifs is 3. The molecule has 0 aliphatic carbocycles. The Morgan fingerprint density at radius 2 is 2.11 bits per heavy atom. The second kappa shape index (κ2) is 3.85.